The second kappa shape index (κ2) is 11.0. The van der Waals surface area contributed by atoms with Gasteiger partial charge in [0, 0.05) is 55.0 Å². The molecule has 7 nitrogen and oxygen atoms in total. The Hall–Kier alpha value is -3.95. The Bertz CT molecular complexity index is 1440. The summed E-state index contributed by atoms with van der Waals surface area (Å²) >= 11 is 1.11. The molecular weight excluding hydrogens is 515 g/mol. The van der Waals surface area contributed by atoms with Crippen molar-refractivity contribution in [3.63, 3.8) is 0 Å². The number of anilines is 2. The summed E-state index contributed by atoms with van der Waals surface area (Å²) in [6, 6.07) is 25.2. The summed E-state index contributed by atoms with van der Waals surface area (Å²) in [6.07, 6.45) is 1.46. The molecule has 1 saturated carbocycles. The van der Waals surface area contributed by atoms with Crippen molar-refractivity contribution >= 4 is 29.4 Å². The van der Waals surface area contributed by atoms with Gasteiger partial charge in [0.05, 0.1) is 13.2 Å². The van der Waals surface area contributed by atoms with E-state index in [1.807, 2.05) is 54.6 Å². The number of para-hydroxylation sites is 1. The Kier molecular flexibility index (Phi) is 7.17. The van der Waals surface area contributed by atoms with Crippen LogP contribution in [0.3, 0.4) is 0 Å². The SMILES string of the molecule is O=C(Nc1ccc(-c2nc(N3CCOCC3)cc(C3([SH+]c4ccc(F)cc4)CC3)n2)cc1)Oc1ccccc1. The molecule has 2 fully saturated rings. The highest BCUT2D eigenvalue weighted by molar-refractivity contribution is 7.80. The minimum atomic E-state index is -0.558. The van der Waals surface area contributed by atoms with Gasteiger partial charge in [0.1, 0.15) is 23.1 Å². The Morgan fingerprint density at radius 2 is 1.67 bits per heavy atom. The number of aromatic nitrogens is 2. The van der Waals surface area contributed by atoms with Gasteiger partial charge in [-0.05, 0) is 60.7 Å². The maximum Gasteiger partial charge on any atom is 0.417 e. The fourth-order valence-electron chi connectivity index (χ4n) is 4.50. The summed E-state index contributed by atoms with van der Waals surface area (Å²) in [5.41, 5.74) is 2.45. The summed E-state index contributed by atoms with van der Waals surface area (Å²) in [5.74, 6) is 1.76. The molecule has 1 saturated heterocycles. The van der Waals surface area contributed by atoms with E-state index in [-0.39, 0.29) is 10.6 Å². The van der Waals surface area contributed by atoms with Gasteiger partial charge in [-0.3, -0.25) is 5.32 Å². The van der Waals surface area contributed by atoms with Crippen LogP contribution in [0.2, 0.25) is 0 Å². The normalized spacial score (nSPS) is 16.0. The fraction of sp³-hybridized carbons (Fsp3) is 0.233. The van der Waals surface area contributed by atoms with E-state index >= 15 is 0 Å². The second-order valence-corrected chi connectivity index (χ2v) is 11.2. The first-order valence-corrected chi connectivity index (χ1v) is 13.8. The second-order valence-electron chi connectivity index (χ2n) is 9.56. The number of nitrogens with one attached hydrogen (secondary N) is 1. The molecule has 9 heteroatoms. The number of nitrogens with zero attached hydrogens (tertiary/aromatic N) is 3. The third-order valence-electron chi connectivity index (χ3n) is 6.76. The van der Waals surface area contributed by atoms with Gasteiger partial charge in [-0.1, -0.05) is 18.2 Å². The lowest BCUT2D eigenvalue weighted by Gasteiger charge is -2.28. The maximum atomic E-state index is 13.5. The molecule has 0 bridgehead atoms. The number of carbonyl (C=O) groups is 1. The molecule has 3 aromatic carbocycles. The number of amides is 1. The van der Waals surface area contributed by atoms with Crippen LogP contribution in [-0.4, -0.2) is 42.4 Å². The minimum absolute atomic E-state index is 0.112. The molecule has 2 aliphatic rings. The van der Waals surface area contributed by atoms with Crippen LogP contribution >= 0.6 is 0 Å². The summed E-state index contributed by atoms with van der Waals surface area (Å²) in [4.78, 5) is 25.6. The van der Waals surface area contributed by atoms with Gasteiger partial charge in [0.15, 0.2) is 15.5 Å². The number of hydrogen-bond donors (Lipinski definition) is 1. The zero-order valence-electron chi connectivity index (χ0n) is 21.2. The quantitative estimate of drug-likeness (QED) is 0.242. The summed E-state index contributed by atoms with van der Waals surface area (Å²) in [5, 5.41) is 2.76. The molecule has 4 aromatic rings. The van der Waals surface area contributed by atoms with Crippen LogP contribution in [0.4, 0.5) is 20.7 Å². The van der Waals surface area contributed by atoms with Crippen LogP contribution < -0.4 is 15.0 Å². The number of rotatable bonds is 7. The molecule has 1 aromatic heterocycles. The van der Waals surface area contributed by atoms with Crippen molar-refractivity contribution in [1.29, 1.82) is 0 Å². The van der Waals surface area contributed by atoms with Crippen LogP contribution in [0.15, 0.2) is 89.8 Å². The zero-order chi connectivity index (χ0) is 26.7. The third kappa shape index (κ3) is 6.05. The maximum absolute atomic E-state index is 13.5. The highest BCUT2D eigenvalue weighted by Gasteiger charge is 2.55. The van der Waals surface area contributed by atoms with Crippen molar-refractivity contribution in [2.75, 3.05) is 36.5 Å². The molecule has 0 atom stereocenters. The van der Waals surface area contributed by atoms with Crippen LogP contribution in [0.25, 0.3) is 11.4 Å². The number of morpholine rings is 1. The van der Waals surface area contributed by atoms with Crippen molar-refractivity contribution < 1.29 is 18.7 Å². The summed E-state index contributed by atoms with van der Waals surface area (Å²) in [7, 11) is 0. The predicted molar refractivity (Wildman–Crippen MR) is 151 cm³/mol. The molecule has 6 rings (SSSR count). The molecule has 198 valence electrons. The molecule has 1 aliphatic heterocycles. The average Bonchev–Trinajstić information content (AvgIpc) is 3.76. The first-order valence-electron chi connectivity index (χ1n) is 12.9. The topological polar surface area (TPSA) is 76.6 Å². The van der Waals surface area contributed by atoms with Crippen LogP contribution in [0.1, 0.15) is 18.5 Å². The van der Waals surface area contributed by atoms with E-state index in [2.05, 4.69) is 16.3 Å². The number of thiol groups is 1. The fourth-order valence-corrected chi connectivity index (χ4v) is 5.86. The molecule has 39 heavy (non-hydrogen) atoms. The van der Waals surface area contributed by atoms with E-state index in [4.69, 9.17) is 19.4 Å². The van der Waals surface area contributed by atoms with E-state index in [0.29, 0.717) is 30.5 Å². The lowest BCUT2D eigenvalue weighted by Crippen LogP contribution is -2.37. The third-order valence-corrected chi connectivity index (χ3v) is 8.42. The van der Waals surface area contributed by atoms with Crippen LogP contribution in [0, 0.1) is 5.82 Å². The van der Waals surface area contributed by atoms with Crippen molar-refractivity contribution in [2.45, 2.75) is 22.5 Å². The smallest absolute Gasteiger partial charge is 0.410 e. The van der Waals surface area contributed by atoms with E-state index in [1.165, 1.54) is 12.1 Å². The molecule has 1 N–H and O–H groups in total. The molecular formula is C30H28FN4O3S+. The Morgan fingerprint density at radius 1 is 0.949 bits per heavy atom. The number of halogens is 1. The number of carbonyl (C=O) groups excluding carboxylic acids is 1. The van der Waals surface area contributed by atoms with Gasteiger partial charge in [-0.25, -0.2) is 19.2 Å². The van der Waals surface area contributed by atoms with Gasteiger partial charge in [-0.15, -0.1) is 0 Å². The largest absolute Gasteiger partial charge is 0.417 e. The van der Waals surface area contributed by atoms with Crippen molar-refractivity contribution in [2.24, 2.45) is 0 Å². The lowest BCUT2D eigenvalue weighted by atomic mass is 10.1. The van der Waals surface area contributed by atoms with Gasteiger partial charge in [0.2, 0.25) is 0 Å². The highest BCUT2D eigenvalue weighted by Crippen LogP contribution is 2.51. The van der Waals surface area contributed by atoms with Crippen molar-refractivity contribution in [1.82, 2.24) is 9.97 Å². The van der Waals surface area contributed by atoms with Crippen molar-refractivity contribution in [3.05, 3.63) is 96.4 Å². The van der Waals surface area contributed by atoms with Crippen LogP contribution in [-0.2, 0) is 21.2 Å². The Morgan fingerprint density at radius 3 is 2.36 bits per heavy atom. The van der Waals surface area contributed by atoms with Crippen molar-refractivity contribution in [3.8, 4) is 17.1 Å². The number of benzene rings is 3. The first-order chi connectivity index (χ1) is 19.1. The standard InChI is InChI=1S/C30H27FN4O3S/c31-22-8-12-25(13-9-22)39-30(14-15-30)26-20-27(35-16-18-37-19-17-35)34-28(33-26)21-6-10-23(11-7-21)32-29(36)38-24-4-2-1-3-5-24/h1-13,20H,14-19H2,(H,32,36)/p+1. The van der Waals surface area contributed by atoms with Gasteiger partial charge < -0.3 is 14.4 Å². The predicted octanol–water partition coefficient (Wildman–Crippen LogP) is 5.59. The molecule has 0 radical (unpaired) electrons. The number of hydrogen-bond acceptors (Lipinski definition) is 6. The minimum Gasteiger partial charge on any atom is -0.410 e. The monoisotopic (exact) mass is 543 g/mol. The Balaban J connectivity index is 1.26. The van der Waals surface area contributed by atoms with Gasteiger partial charge >= 0.3 is 6.09 Å². The molecule has 2 heterocycles. The lowest BCUT2D eigenvalue weighted by molar-refractivity contribution is 0.122. The zero-order valence-corrected chi connectivity index (χ0v) is 22.1. The number of ether oxygens (including phenoxy) is 2. The van der Waals surface area contributed by atoms with Gasteiger partial charge in [0.25, 0.3) is 0 Å². The Labute approximate surface area is 230 Å². The molecule has 1 amide bonds. The average molecular weight is 544 g/mol. The van der Waals surface area contributed by atoms with Gasteiger partial charge in [-0.2, -0.15) is 0 Å². The molecule has 0 unspecified atom stereocenters. The van der Waals surface area contributed by atoms with E-state index in [1.54, 1.807) is 12.1 Å². The van der Waals surface area contributed by atoms with Crippen LogP contribution in [0.5, 0.6) is 5.75 Å². The summed E-state index contributed by atoms with van der Waals surface area (Å²) in [6.45, 7) is 2.86. The van der Waals surface area contributed by atoms with E-state index in [0.717, 1.165) is 59.7 Å². The van der Waals surface area contributed by atoms with E-state index in [9.17, 15) is 9.18 Å². The summed E-state index contributed by atoms with van der Waals surface area (Å²) < 4.78 is 24.2. The highest BCUT2D eigenvalue weighted by atomic mass is 32.2. The molecule has 0 spiro atoms. The molecule has 1 aliphatic carbocycles. The van der Waals surface area contributed by atoms with E-state index < -0.39 is 6.09 Å². The first kappa shape index (κ1) is 25.3.